The van der Waals surface area contributed by atoms with Crippen molar-refractivity contribution in [1.82, 2.24) is 0 Å². The molecule has 0 atom stereocenters. The Hall–Kier alpha value is -1.02. The summed E-state index contributed by atoms with van der Waals surface area (Å²) in [5.74, 6) is 0. The number of rotatable bonds is 2. The lowest BCUT2D eigenvalue weighted by molar-refractivity contribution is 0.571. The molecule has 4 nitrogen and oxygen atoms in total. The van der Waals surface area contributed by atoms with Crippen LogP contribution in [0.4, 0.5) is 0 Å². The maximum Gasteiger partial charge on any atom is 0.158 e. The zero-order valence-corrected chi connectivity index (χ0v) is 8.14. The third-order valence-electron chi connectivity index (χ3n) is 1.84. The number of hydrogen-bond donors (Lipinski definition) is 1. The highest BCUT2D eigenvalue weighted by molar-refractivity contribution is 7.92. The van der Waals surface area contributed by atoms with Gasteiger partial charge in [0.1, 0.15) is 4.75 Å². The van der Waals surface area contributed by atoms with E-state index in [4.69, 9.17) is 11.0 Å². The van der Waals surface area contributed by atoms with Gasteiger partial charge in [-0.15, -0.1) is 0 Å². The molecule has 0 fully saturated rings. The van der Waals surface area contributed by atoms with Gasteiger partial charge in [-0.25, -0.2) is 8.42 Å². The number of sulfone groups is 1. The first-order valence-electron chi connectivity index (χ1n) is 3.29. The maximum atomic E-state index is 11.1. The van der Waals surface area contributed by atoms with E-state index in [-0.39, 0.29) is 5.70 Å². The van der Waals surface area contributed by atoms with Gasteiger partial charge < -0.3 is 5.73 Å². The van der Waals surface area contributed by atoms with Crippen LogP contribution in [0.5, 0.6) is 0 Å². The van der Waals surface area contributed by atoms with Crippen molar-refractivity contribution in [2.75, 3.05) is 6.26 Å². The van der Waals surface area contributed by atoms with Gasteiger partial charge in [0.2, 0.25) is 0 Å². The second kappa shape index (κ2) is 3.15. The molecule has 0 spiro atoms. The van der Waals surface area contributed by atoms with Crippen LogP contribution in [0.2, 0.25) is 0 Å². The monoisotopic (exact) mass is 188 g/mol. The number of allylic oxidation sites excluding steroid dienone is 1. The highest BCUT2D eigenvalue weighted by Gasteiger charge is 2.32. The molecule has 0 bridgehead atoms. The quantitative estimate of drug-likeness (QED) is 0.626. The van der Waals surface area contributed by atoms with Crippen molar-refractivity contribution in [3.63, 3.8) is 0 Å². The summed E-state index contributed by atoms with van der Waals surface area (Å²) >= 11 is 0. The van der Waals surface area contributed by atoms with Gasteiger partial charge in [-0.1, -0.05) is 0 Å². The van der Waals surface area contributed by atoms with E-state index in [1.54, 1.807) is 6.07 Å². The summed E-state index contributed by atoms with van der Waals surface area (Å²) < 4.78 is 21.1. The van der Waals surface area contributed by atoms with Gasteiger partial charge >= 0.3 is 0 Å². The Bertz CT molecular complexity index is 333. The molecule has 0 radical (unpaired) electrons. The Morgan fingerprint density at radius 3 is 2.25 bits per heavy atom. The van der Waals surface area contributed by atoms with E-state index in [9.17, 15) is 8.42 Å². The molecule has 0 aliphatic rings. The standard InChI is InChI=1S/C7H12N2O2S/c1-7(2,12(3,10)11)6(9)4-5-8/h4H,9H2,1-3H3. The van der Waals surface area contributed by atoms with Crippen molar-refractivity contribution in [1.29, 1.82) is 5.26 Å². The summed E-state index contributed by atoms with van der Waals surface area (Å²) in [6.07, 6.45) is 2.13. The summed E-state index contributed by atoms with van der Waals surface area (Å²) in [7, 11) is -3.27. The number of hydrogen-bond acceptors (Lipinski definition) is 4. The molecule has 0 unspecified atom stereocenters. The van der Waals surface area contributed by atoms with Gasteiger partial charge in [0.05, 0.1) is 6.07 Å². The fourth-order valence-electron chi connectivity index (χ4n) is 0.457. The SMILES string of the molecule is CC(C)(C(N)=CC#N)S(C)(=O)=O. The molecule has 0 aromatic rings. The predicted octanol–water partition coefficient (Wildman–Crippen LogP) is 0.176. The molecule has 0 aliphatic heterocycles. The van der Waals surface area contributed by atoms with Crippen LogP contribution in [0.15, 0.2) is 11.8 Å². The zero-order chi connectivity index (χ0) is 9.99. The summed E-state index contributed by atoms with van der Waals surface area (Å²) in [6, 6.07) is 1.69. The van der Waals surface area contributed by atoms with E-state index in [2.05, 4.69) is 0 Å². The second-order valence-corrected chi connectivity index (χ2v) is 5.58. The first kappa shape index (κ1) is 11.0. The van der Waals surface area contributed by atoms with Crippen LogP contribution in [-0.4, -0.2) is 19.4 Å². The van der Waals surface area contributed by atoms with E-state index < -0.39 is 14.6 Å². The minimum Gasteiger partial charge on any atom is -0.400 e. The third kappa shape index (κ3) is 1.98. The molecule has 0 saturated heterocycles. The van der Waals surface area contributed by atoms with Crippen LogP contribution in [-0.2, 0) is 9.84 Å². The minimum absolute atomic E-state index is 0.0625. The van der Waals surface area contributed by atoms with Gasteiger partial charge in [-0.2, -0.15) is 5.26 Å². The first-order chi connectivity index (χ1) is 5.23. The summed E-state index contributed by atoms with van der Waals surface area (Å²) in [5.41, 5.74) is 5.47. The minimum atomic E-state index is -3.27. The molecular formula is C7H12N2O2S. The molecule has 0 heterocycles. The fourth-order valence-corrected chi connectivity index (χ4v) is 0.944. The Balaban J connectivity index is 5.18. The van der Waals surface area contributed by atoms with E-state index in [0.29, 0.717) is 0 Å². The largest absolute Gasteiger partial charge is 0.400 e. The highest BCUT2D eigenvalue weighted by Crippen LogP contribution is 2.20. The van der Waals surface area contributed by atoms with Crippen LogP contribution in [0.25, 0.3) is 0 Å². The molecule has 0 aromatic carbocycles. The van der Waals surface area contributed by atoms with Crippen LogP contribution in [0.1, 0.15) is 13.8 Å². The number of nitrogens with zero attached hydrogens (tertiary/aromatic N) is 1. The van der Waals surface area contributed by atoms with Crippen molar-refractivity contribution in [3.8, 4) is 6.07 Å². The summed E-state index contributed by atoms with van der Waals surface area (Å²) in [6.45, 7) is 2.93. The number of nitriles is 1. The Morgan fingerprint density at radius 2 is 2.00 bits per heavy atom. The third-order valence-corrected chi connectivity index (χ3v) is 3.93. The van der Waals surface area contributed by atoms with Crippen molar-refractivity contribution in [3.05, 3.63) is 11.8 Å². The molecule has 0 aliphatic carbocycles. The Kier molecular flexibility index (Phi) is 2.88. The van der Waals surface area contributed by atoms with Gasteiger partial charge in [-0.05, 0) is 13.8 Å². The first-order valence-corrected chi connectivity index (χ1v) is 5.18. The molecule has 0 aromatic heterocycles. The average molecular weight is 188 g/mol. The molecule has 0 saturated carbocycles. The average Bonchev–Trinajstić information content (AvgIpc) is 1.85. The van der Waals surface area contributed by atoms with Gasteiger partial charge in [0.15, 0.2) is 9.84 Å². The molecular weight excluding hydrogens is 176 g/mol. The van der Waals surface area contributed by atoms with Crippen molar-refractivity contribution >= 4 is 9.84 Å². The van der Waals surface area contributed by atoms with Crippen molar-refractivity contribution in [2.45, 2.75) is 18.6 Å². The lowest BCUT2D eigenvalue weighted by atomic mass is 10.1. The Morgan fingerprint density at radius 1 is 1.58 bits per heavy atom. The molecule has 12 heavy (non-hydrogen) atoms. The molecule has 5 heteroatoms. The van der Waals surface area contributed by atoms with Crippen LogP contribution in [0.3, 0.4) is 0 Å². The Labute approximate surface area is 72.6 Å². The fraction of sp³-hybridized carbons (Fsp3) is 0.571. The van der Waals surface area contributed by atoms with Gasteiger partial charge in [-0.3, -0.25) is 0 Å². The molecule has 0 rings (SSSR count). The van der Waals surface area contributed by atoms with E-state index >= 15 is 0 Å². The molecule has 68 valence electrons. The van der Waals surface area contributed by atoms with E-state index in [0.717, 1.165) is 12.3 Å². The van der Waals surface area contributed by atoms with Gasteiger partial charge in [0.25, 0.3) is 0 Å². The zero-order valence-electron chi connectivity index (χ0n) is 7.33. The normalized spacial score (nSPS) is 14.0. The topological polar surface area (TPSA) is 83.9 Å². The molecule has 0 amide bonds. The van der Waals surface area contributed by atoms with Gasteiger partial charge in [0, 0.05) is 18.0 Å². The van der Waals surface area contributed by atoms with Crippen LogP contribution in [0, 0.1) is 11.3 Å². The second-order valence-electron chi connectivity index (χ2n) is 3.01. The maximum absolute atomic E-state index is 11.1. The summed E-state index contributed by atoms with van der Waals surface area (Å²) in [5, 5.41) is 8.26. The van der Waals surface area contributed by atoms with Crippen LogP contribution >= 0.6 is 0 Å². The van der Waals surface area contributed by atoms with E-state index in [1.165, 1.54) is 13.8 Å². The van der Waals surface area contributed by atoms with E-state index in [1.807, 2.05) is 0 Å². The lowest BCUT2D eigenvalue weighted by Gasteiger charge is -2.21. The smallest absolute Gasteiger partial charge is 0.158 e. The number of nitrogens with two attached hydrogens (primary N) is 1. The highest BCUT2D eigenvalue weighted by atomic mass is 32.2. The van der Waals surface area contributed by atoms with Crippen LogP contribution < -0.4 is 5.73 Å². The van der Waals surface area contributed by atoms with Crippen molar-refractivity contribution < 1.29 is 8.42 Å². The summed E-state index contributed by atoms with van der Waals surface area (Å²) in [4.78, 5) is 0. The lowest BCUT2D eigenvalue weighted by Crippen LogP contribution is -2.36. The molecule has 2 N–H and O–H groups in total. The predicted molar refractivity (Wildman–Crippen MR) is 46.8 cm³/mol. The van der Waals surface area contributed by atoms with Crippen molar-refractivity contribution in [2.24, 2.45) is 5.73 Å².